The van der Waals surface area contributed by atoms with Crippen LogP contribution in [0, 0.1) is 6.92 Å². The minimum atomic E-state index is -0.212. The Labute approximate surface area is 99.9 Å². The normalized spacial score (nSPS) is 9.94. The van der Waals surface area contributed by atoms with Crippen molar-refractivity contribution >= 4 is 17.5 Å². The molecular weight excluding hydrogens is 228 g/mol. The molecule has 0 saturated carbocycles. The average Bonchev–Trinajstić information content (AvgIpc) is 2.25. The van der Waals surface area contributed by atoms with E-state index in [0.717, 1.165) is 12.1 Å². The number of carbonyl (C=O) groups excluding carboxylic acids is 1. The fourth-order valence-corrected chi connectivity index (χ4v) is 1.34. The van der Waals surface area contributed by atoms with Crippen LogP contribution in [-0.4, -0.2) is 19.0 Å². The van der Waals surface area contributed by atoms with Gasteiger partial charge in [0.05, 0.1) is 6.54 Å². The van der Waals surface area contributed by atoms with Crippen LogP contribution in [0.2, 0.25) is 5.02 Å². The third kappa shape index (κ3) is 4.08. The van der Waals surface area contributed by atoms with Gasteiger partial charge in [-0.3, -0.25) is 4.79 Å². The SMILES string of the molecule is CCNCC(=O)NOc1ccc(Cl)cc1C. The topological polar surface area (TPSA) is 50.4 Å². The maximum atomic E-state index is 11.2. The van der Waals surface area contributed by atoms with E-state index in [1.165, 1.54) is 0 Å². The van der Waals surface area contributed by atoms with E-state index < -0.39 is 0 Å². The molecule has 0 spiro atoms. The van der Waals surface area contributed by atoms with Crippen molar-refractivity contribution in [2.75, 3.05) is 13.1 Å². The number of aryl methyl sites for hydroxylation is 1. The molecule has 88 valence electrons. The summed E-state index contributed by atoms with van der Waals surface area (Å²) in [4.78, 5) is 16.4. The van der Waals surface area contributed by atoms with Crippen molar-refractivity contribution in [3.05, 3.63) is 28.8 Å². The zero-order valence-electron chi connectivity index (χ0n) is 9.34. The second-order valence-electron chi connectivity index (χ2n) is 3.32. The molecule has 16 heavy (non-hydrogen) atoms. The van der Waals surface area contributed by atoms with E-state index in [0.29, 0.717) is 10.8 Å². The van der Waals surface area contributed by atoms with Crippen LogP contribution in [0.15, 0.2) is 18.2 Å². The summed E-state index contributed by atoms with van der Waals surface area (Å²) in [6.45, 7) is 4.77. The van der Waals surface area contributed by atoms with Crippen molar-refractivity contribution in [1.82, 2.24) is 10.8 Å². The molecule has 1 aromatic carbocycles. The second kappa shape index (κ2) is 6.35. The van der Waals surface area contributed by atoms with Gasteiger partial charge < -0.3 is 10.2 Å². The number of hydrogen-bond acceptors (Lipinski definition) is 3. The fourth-order valence-electron chi connectivity index (χ4n) is 1.11. The number of carbonyl (C=O) groups is 1. The predicted octanol–water partition coefficient (Wildman–Crippen LogP) is 1.67. The standard InChI is InChI=1S/C11H15ClN2O2/c1-3-13-7-11(15)14-16-10-5-4-9(12)6-8(10)2/h4-6,13H,3,7H2,1-2H3,(H,14,15). The molecule has 1 amide bonds. The van der Waals surface area contributed by atoms with E-state index in [1.807, 2.05) is 13.8 Å². The summed E-state index contributed by atoms with van der Waals surface area (Å²) in [6.07, 6.45) is 0. The van der Waals surface area contributed by atoms with Crippen LogP contribution in [0.3, 0.4) is 0 Å². The quantitative estimate of drug-likeness (QED) is 0.773. The van der Waals surface area contributed by atoms with Crippen LogP contribution in [0.5, 0.6) is 5.75 Å². The lowest BCUT2D eigenvalue weighted by atomic mass is 10.2. The Balaban J connectivity index is 2.45. The summed E-state index contributed by atoms with van der Waals surface area (Å²) in [5.74, 6) is 0.380. The summed E-state index contributed by atoms with van der Waals surface area (Å²) in [6, 6.07) is 5.19. The smallest absolute Gasteiger partial charge is 0.266 e. The van der Waals surface area contributed by atoms with Gasteiger partial charge in [0.25, 0.3) is 5.91 Å². The summed E-state index contributed by atoms with van der Waals surface area (Å²) in [5, 5.41) is 3.54. The van der Waals surface area contributed by atoms with E-state index in [4.69, 9.17) is 16.4 Å². The van der Waals surface area contributed by atoms with Crippen molar-refractivity contribution in [2.24, 2.45) is 0 Å². The van der Waals surface area contributed by atoms with Crippen molar-refractivity contribution in [3.63, 3.8) is 0 Å². The molecule has 0 fully saturated rings. The molecule has 0 bridgehead atoms. The van der Waals surface area contributed by atoms with Crippen molar-refractivity contribution < 1.29 is 9.63 Å². The summed E-state index contributed by atoms with van der Waals surface area (Å²) in [5.41, 5.74) is 3.22. The van der Waals surface area contributed by atoms with Gasteiger partial charge in [-0.05, 0) is 37.2 Å². The highest BCUT2D eigenvalue weighted by atomic mass is 35.5. The lowest BCUT2D eigenvalue weighted by Gasteiger charge is -2.09. The molecule has 0 saturated heterocycles. The number of hydrogen-bond donors (Lipinski definition) is 2. The molecular formula is C11H15ClN2O2. The summed E-state index contributed by atoms with van der Waals surface area (Å²) in [7, 11) is 0. The van der Waals surface area contributed by atoms with Gasteiger partial charge in [0.2, 0.25) is 0 Å². The molecule has 5 heteroatoms. The molecule has 0 aliphatic carbocycles. The van der Waals surface area contributed by atoms with Gasteiger partial charge in [0.1, 0.15) is 0 Å². The van der Waals surface area contributed by atoms with Crippen LogP contribution in [0.1, 0.15) is 12.5 Å². The minimum Gasteiger partial charge on any atom is -0.379 e. The Hall–Kier alpha value is -1.26. The van der Waals surface area contributed by atoms with Gasteiger partial charge in [-0.2, -0.15) is 5.48 Å². The van der Waals surface area contributed by atoms with Gasteiger partial charge in [-0.15, -0.1) is 0 Å². The Morgan fingerprint density at radius 1 is 1.50 bits per heavy atom. The van der Waals surface area contributed by atoms with Crippen LogP contribution >= 0.6 is 11.6 Å². The highest BCUT2D eigenvalue weighted by molar-refractivity contribution is 6.30. The number of rotatable bonds is 5. The van der Waals surface area contributed by atoms with E-state index >= 15 is 0 Å². The number of halogens is 1. The Morgan fingerprint density at radius 2 is 2.25 bits per heavy atom. The summed E-state index contributed by atoms with van der Waals surface area (Å²) < 4.78 is 0. The molecule has 0 heterocycles. The molecule has 1 aromatic rings. The molecule has 0 radical (unpaired) electrons. The number of nitrogens with one attached hydrogen (secondary N) is 2. The maximum absolute atomic E-state index is 11.2. The first-order valence-corrected chi connectivity index (χ1v) is 5.44. The Kier molecular flexibility index (Phi) is 5.08. The minimum absolute atomic E-state index is 0.212. The molecule has 0 aliphatic heterocycles. The van der Waals surface area contributed by atoms with E-state index in [1.54, 1.807) is 18.2 Å². The van der Waals surface area contributed by atoms with Gasteiger partial charge in [0, 0.05) is 5.02 Å². The third-order valence-electron chi connectivity index (χ3n) is 1.95. The van der Waals surface area contributed by atoms with E-state index in [9.17, 15) is 4.79 Å². The highest BCUT2D eigenvalue weighted by Gasteiger charge is 2.03. The molecule has 4 nitrogen and oxygen atoms in total. The lowest BCUT2D eigenvalue weighted by molar-refractivity contribution is -0.126. The van der Waals surface area contributed by atoms with Crippen LogP contribution in [0.4, 0.5) is 0 Å². The largest absolute Gasteiger partial charge is 0.379 e. The van der Waals surface area contributed by atoms with Gasteiger partial charge in [0.15, 0.2) is 5.75 Å². The molecule has 0 atom stereocenters. The second-order valence-corrected chi connectivity index (χ2v) is 3.75. The maximum Gasteiger partial charge on any atom is 0.266 e. The highest BCUT2D eigenvalue weighted by Crippen LogP contribution is 2.20. The first kappa shape index (κ1) is 12.8. The fraction of sp³-hybridized carbons (Fsp3) is 0.364. The first-order chi connectivity index (χ1) is 7.63. The number of benzene rings is 1. The molecule has 2 N–H and O–H groups in total. The first-order valence-electron chi connectivity index (χ1n) is 5.06. The summed E-state index contributed by atoms with van der Waals surface area (Å²) >= 11 is 5.80. The molecule has 0 aliphatic rings. The Bertz CT molecular complexity index is 369. The van der Waals surface area contributed by atoms with Crippen LogP contribution in [-0.2, 0) is 4.79 Å². The van der Waals surface area contributed by atoms with Gasteiger partial charge in [-0.1, -0.05) is 18.5 Å². The number of hydroxylamine groups is 1. The lowest BCUT2D eigenvalue weighted by Crippen LogP contribution is -2.35. The third-order valence-corrected chi connectivity index (χ3v) is 2.18. The van der Waals surface area contributed by atoms with Crippen LogP contribution in [0.25, 0.3) is 0 Å². The van der Waals surface area contributed by atoms with Crippen LogP contribution < -0.4 is 15.6 Å². The predicted molar refractivity (Wildman–Crippen MR) is 63.5 cm³/mol. The molecule has 1 rings (SSSR count). The van der Waals surface area contributed by atoms with E-state index in [2.05, 4.69) is 10.8 Å². The monoisotopic (exact) mass is 242 g/mol. The number of amides is 1. The van der Waals surface area contributed by atoms with E-state index in [-0.39, 0.29) is 12.5 Å². The van der Waals surface area contributed by atoms with Crippen molar-refractivity contribution in [2.45, 2.75) is 13.8 Å². The molecule has 0 unspecified atom stereocenters. The van der Waals surface area contributed by atoms with Gasteiger partial charge >= 0.3 is 0 Å². The zero-order valence-corrected chi connectivity index (χ0v) is 10.1. The van der Waals surface area contributed by atoms with Crippen molar-refractivity contribution in [1.29, 1.82) is 0 Å². The number of likely N-dealkylation sites (N-methyl/N-ethyl adjacent to an activating group) is 1. The van der Waals surface area contributed by atoms with Gasteiger partial charge in [-0.25, -0.2) is 0 Å². The Morgan fingerprint density at radius 3 is 2.88 bits per heavy atom. The average molecular weight is 243 g/mol. The zero-order chi connectivity index (χ0) is 12.0. The molecule has 0 aromatic heterocycles. The van der Waals surface area contributed by atoms with Crippen molar-refractivity contribution in [3.8, 4) is 5.75 Å².